The fourth-order valence-electron chi connectivity index (χ4n) is 1.69. The van der Waals surface area contributed by atoms with Gasteiger partial charge in [0.2, 0.25) is 0 Å². The number of hydrogen-bond donors (Lipinski definition) is 0. The maximum atomic E-state index is 11.0. The van der Waals surface area contributed by atoms with Crippen molar-refractivity contribution in [1.29, 1.82) is 0 Å². The molecule has 4 heteroatoms. The summed E-state index contributed by atoms with van der Waals surface area (Å²) in [5, 5.41) is 0. The molecule has 0 N–H and O–H groups in total. The van der Waals surface area contributed by atoms with Gasteiger partial charge in [-0.15, -0.1) is 0 Å². The summed E-state index contributed by atoms with van der Waals surface area (Å²) in [7, 11) is 1.44. The molecule has 0 bridgehead atoms. The minimum atomic E-state index is -0.138. The molecule has 1 saturated heterocycles. The van der Waals surface area contributed by atoms with Crippen LogP contribution in [-0.4, -0.2) is 42.9 Å². The first-order chi connectivity index (χ1) is 8.29. The second kappa shape index (κ2) is 6.07. The van der Waals surface area contributed by atoms with Crippen molar-refractivity contribution >= 4 is 17.7 Å². The summed E-state index contributed by atoms with van der Waals surface area (Å²) in [6, 6.07) is 11.0. The average Bonchev–Trinajstić information content (AvgIpc) is 3.08. The Hall–Kier alpha value is -1.00. The monoisotopic (exact) mass is 251 g/mol. The van der Waals surface area contributed by atoms with Crippen LogP contribution in [0.2, 0.25) is 0 Å². The van der Waals surface area contributed by atoms with Crippen LogP contribution in [0.15, 0.2) is 30.3 Å². The van der Waals surface area contributed by atoms with Gasteiger partial charge in [0.05, 0.1) is 13.7 Å². The van der Waals surface area contributed by atoms with Gasteiger partial charge in [-0.2, -0.15) is 11.8 Å². The van der Waals surface area contributed by atoms with E-state index in [9.17, 15) is 4.79 Å². The van der Waals surface area contributed by atoms with Gasteiger partial charge in [-0.25, -0.2) is 0 Å². The highest BCUT2D eigenvalue weighted by molar-refractivity contribution is 7.98. The molecule has 1 aromatic carbocycles. The van der Waals surface area contributed by atoms with Crippen molar-refractivity contribution in [2.24, 2.45) is 0 Å². The van der Waals surface area contributed by atoms with Gasteiger partial charge in [0.25, 0.3) is 0 Å². The van der Waals surface area contributed by atoms with Crippen molar-refractivity contribution in [3.63, 3.8) is 0 Å². The minimum Gasteiger partial charge on any atom is -0.468 e. The molecule has 0 aliphatic carbocycles. The lowest BCUT2D eigenvalue weighted by molar-refractivity contribution is -0.140. The Balaban J connectivity index is 1.60. The molecule has 2 atom stereocenters. The summed E-state index contributed by atoms with van der Waals surface area (Å²) in [5.41, 5.74) is 1.36. The van der Waals surface area contributed by atoms with Gasteiger partial charge < -0.3 is 4.74 Å². The standard InChI is InChI=1S/C13H17NO2S/c1-16-13(15)8-14-7-12(14)10-17-9-11-5-3-2-4-6-11/h2-6,12H,7-10H2,1H3. The molecule has 0 aromatic heterocycles. The van der Waals surface area contributed by atoms with E-state index in [0.29, 0.717) is 12.6 Å². The van der Waals surface area contributed by atoms with Crippen molar-refractivity contribution in [2.45, 2.75) is 11.8 Å². The third kappa shape index (κ3) is 4.06. The van der Waals surface area contributed by atoms with Gasteiger partial charge in [-0.3, -0.25) is 9.69 Å². The molecule has 0 amide bonds. The molecule has 0 saturated carbocycles. The number of nitrogens with zero attached hydrogens (tertiary/aromatic N) is 1. The first-order valence-electron chi connectivity index (χ1n) is 5.72. The zero-order chi connectivity index (χ0) is 12.1. The van der Waals surface area contributed by atoms with Crippen molar-refractivity contribution in [3.8, 4) is 0 Å². The molecule has 3 nitrogen and oxygen atoms in total. The van der Waals surface area contributed by atoms with Gasteiger partial charge in [0.1, 0.15) is 0 Å². The maximum Gasteiger partial charge on any atom is 0.319 e. The first kappa shape index (κ1) is 12.5. The van der Waals surface area contributed by atoms with E-state index in [1.54, 1.807) is 0 Å². The molecule has 1 aliphatic rings. The van der Waals surface area contributed by atoms with Crippen molar-refractivity contribution < 1.29 is 9.53 Å². The number of ether oxygens (including phenoxy) is 1. The topological polar surface area (TPSA) is 29.3 Å². The van der Waals surface area contributed by atoms with Crippen LogP contribution in [0.5, 0.6) is 0 Å². The fraction of sp³-hybridized carbons (Fsp3) is 0.462. The van der Waals surface area contributed by atoms with Crippen LogP contribution < -0.4 is 0 Å². The summed E-state index contributed by atoms with van der Waals surface area (Å²) >= 11 is 1.92. The summed E-state index contributed by atoms with van der Waals surface area (Å²) in [5.74, 6) is 2.00. The molecule has 1 aromatic rings. The normalized spacial score (nSPS) is 22.2. The summed E-state index contributed by atoms with van der Waals surface area (Å²) < 4.78 is 4.64. The van der Waals surface area contributed by atoms with Crippen LogP contribution in [0.25, 0.3) is 0 Å². The van der Waals surface area contributed by atoms with E-state index in [2.05, 4.69) is 33.9 Å². The largest absolute Gasteiger partial charge is 0.468 e. The molecule has 1 heterocycles. The van der Waals surface area contributed by atoms with Gasteiger partial charge in [0.15, 0.2) is 0 Å². The predicted molar refractivity (Wildman–Crippen MR) is 70.0 cm³/mol. The fourth-order valence-corrected chi connectivity index (χ4v) is 2.83. The smallest absolute Gasteiger partial charge is 0.319 e. The Morgan fingerprint density at radius 1 is 1.47 bits per heavy atom. The van der Waals surface area contributed by atoms with E-state index in [0.717, 1.165) is 18.1 Å². The minimum absolute atomic E-state index is 0.138. The number of methoxy groups -OCH3 is 1. The zero-order valence-corrected chi connectivity index (χ0v) is 10.8. The lowest BCUT2D eigenvalue weighted by Crippen LogP contribution is -2.16. The molecule has 2 rings (SSSR count). The van der Waals surface area contributed by atoms with Crippen LogP contribution in [-0.2, 0) is 15.3 Å². The molecular formula is C13H17NO2S. The zero-order valence-electron chi connectivity index (χ0n) is 9.96. The second-order valence-electron chi connectivity index (χ2n) is 4.16. The molecule has 1 fully saturated rings. The summed E-state index contributed by atoms with van der Waals surface area (Å²) in [4.78, 5) is 13.2. The van der Waals surface area contributed by atoms with Gasteiger partial charge in [-0.05, 0) is 5.56 Å². The number of thioether (sulfide) groups is 1. The average molecular weight is 251 g/mol. The van der Waals surface area contributed by atoms with E-state index in [-0.39, 0.29) is 5.97 Å². The Kier molecular flexibility index (Phi) is 4.45. The highest BCUT2D eigenvalue weighted by Gasteiger charge is 2.35. The number of benzene rings is 1. The number of carbonyl (C=O) groups excluding carboxylic acids is 1. The van der Waals surface area contributed by atoms with Gasteiger partial charge >= 0.3 is 5.97 Å². The molecule has 0 spiro atoms. The Labute approximate surface area is 106 Å². The van der Waals surface area contributed by atoms with Gasteiger partial charge in [-0.1, -0.05) is 30.3 Å². The Morgan fingerprint density at radius 3 is 2.94 bits per heavy atom. The summed E-state index contributed by atoms with van der Waals surface area (Å²) in [6.07, 6.45) is 0. The maximum absolute atomic E-state index is 11.0. The van der Waals surface area contributed by atoms with Crippen molar-refractivity contribution in [1.82, 2.24) is 4.90 Å². The van der Waals surface area contributed by atoms with Crippen molar-refractivity contribution in [3.05, 3.63) is 35.9 Å². The molecule has 1 aliphatic heterocycles. The lowest BCUT2D eigenvalue weighted by Gasteiger charge is -2.03. The van der Waals surface area contributed by atoms with Crippen LogP contribution in [0.1, 0.15) is 5.56 Å². The SMILES string of the molecule is COC(=O)CN1CC1CSCc1ccccc1. The van der Waals surface area contributed by atoms with E-state index < -0.39 is 0 Å². The van der Waals surface area contributed by atoms with E-state index >= 15 is 0 Å². The summed E-state index contributed by atoms with van der Waals surface area (Å²) in [6.45, 7) is 1.46. The lowest BCUT2D eigenvalue weighted by atomic mass is 10.2. The van der Waals surface area contributed by atoms with Gasteiger partial charge in [0, 0.05) is 24.1 Å². The first-order valence-corrected chi connectivity index (χ1v) is 6.87. The van der Waals surface area contributed by atoms with Crippen LogP contribution >= 0.6 is 11.8 Å². The van der Waals surface area contributed by atoms with Crippen LogP contribution in [0.3, 0.4) is 0 Å². The Bertz CT molecular complexity index is 369. The van der Waals surface area contributed by atoms with E-state index in [1.807, 2.05) is 17.8 Å². The molecule has 17 heavy (non-hydrogen) atoms. The Morgan fingerprint density at radius 2 is 2.24 bits per heavy atom. The number of esters is 1. The molecule has 92 valence electrons. The molecular weight excluding hydrogens is 234 g/mol. The molecule has 0 radical (unpaired) electrons. The highest BCUT2D eigenvalue weighted by atomic mass is 32.2. The van der Waals surface area contributed by atoms with E-state index in [1.165, 1.54) is 12.7 Å². The number of carbonyl (C=O) groups is 1. The molecule has 2 unspecified atom stereocenters. The van der Waals surface area contributed by atoms with E-state index in [4.69, 9.17) is 0 Å². The second-order valence-corrected chi connectivity index (χ2v) is 5.19. The third-order valence-corrected chi connectivity index (χ3v) is 3.97. The third-order valence-electron chi connectivity index (χ3n) is 2.81. The highest BCUT2D eigenvalue weighted by Crippen LogP contribution is 2.23. The van der Waals surface area contributed by atoms with Crippen LogP contribution in [0, 0.1) is 0 Å². The predicted octanol–water partition coefficient (Wildman–Crippen LogP) is 1.78. The quantitative estimate of drug-likeness (QED) is 0.569. The van der Waals surface area contributed by atoms with Crippen molar-refractivity contribution in [2.75, 3.05) is 26.0 Å². The number of hydrogen-bond acceptors (Lipinski definition) is 4. The van der Waals surface area contributed by atoms with Crippen LogP contribution in [0.4, 0.5) is 0 Å². The number of rotatable bonds is 6.